The summed E-state index contributed by atoms with van der Waals surface area (Å²) in [5.74, 6) is 0. The van der Waals surface area contributed by atoms with Gasteiger partial charge in [0, 0.05) is 43.5 Å². The van der Waals surface area contributed by atoms with Gasteiger partial charge >= 0.3 is 0 Å². The van der Waals surface area contributed by atoms with Crippen molar-refractivity contribution in [1.82, 2.24) is 0 Å². The lowest BCUT2D eigenvalue weighted by Crippen LogP contribution is -2.24. The summed E-state index contributed by atoms with van der Waals surface area (Å²) in [7, 11) is 0. The molecule has 12 rings (SSSR count). The van der Waals surface area contributed by atoms with Gasteiger partial charge in [0.25, 0.3) is 0 Å². The summed E-state index contributed by atoms with van der Waals surface area (Å²) in [5.41, 5.74) is 22.0. The summed E-state index contributed by atoms with van der Waals surface area (Å²) in [6.45, 7) is 18.3. The minimum atomic E-state index is -0.389. The minimum Gasteiger partial charge on any atom is -0.455 e. The van der Waals surface area contributed by atoms with Crippen LogP contribution in [0, 0.1) is 0 Å². The highest BCUT2D eigenvalue weighted by molar-refractivity contribution is 6.21. The van der Waals surface area contributed by atoms with E-state index < -0.39 is 0 Å². The van der Waals surface area contributed by atoms with Gasteiger partial charge in [-0.25, -0.2) is 0 Å². The zero-order valence-electron chi connectivity index (χ0n) is 35.4. The first-order valence-corrected chi connectivity index (χ1v) is 21.6. The molecule has 2 heteroatoms. The maximum absolute atomic E-state index is 7.06. The third kappa shape index (κ3) is 4.81. The van der Waals surface area contributed by atoms with E-state index in [0.717, 1.165) is 66.2 Å². The predicted molar refractivity (Wildman–Crippen MR) is 261 cm³/mol. The first kappa shape index (κ1) is 36.4. The molecule has 0 radical (unpaired) electrons. The van der Waals surface area contributed by atoms with Crippen molar-refractivity contribution in [3.63, 3.8) is 0 Å². The smallest absolute Gasteiger partial charge is 0.144 e. The predicted octanol–water partition coefficient (Wildman–Crippen LogP) is 16.7. The molecule has 0 saturated carbocycles. The summed E-state index contributed by atoms with van der Waals surface area (Å²) >= 11 is 0. The Morgan fingerprint density at radius 2 is 0.935 bits per heavy atom. The van der Waals surface area contributed by atoms with Gasteiger partial charge in [-0.15, -0.1) is 0 Å². The molecule has 0 atom stereocenters. The van der Waals surface area contributed by atoms with E-state index in [-0.39, 0.29) is 10.8 Å². The Labute approximate surface area is 361 Å². The fraction of sp³-hybridized carbons (Fsp3) is 0.100. The van der Waals surface area contributed by atoms with Crippen LogP contribution in [-0.4, -0.2) is 0 Å². The number of fused-ring (bicyclic) bond motifs is 15. The number of rotatable bonds is 6. The van der Waals surface area contributed by atoms with E-state index in [0.29, 0.717) is 0 Å². The molecular weight excluding hydrogens is 753 g/mol. The molecule has 0 N–H and O–H groups in total. The third-order valence-corrected chi connectivity index (χ3v) is 14.0. The van der Waals surface area contributed by atoms with Crippen molar-refractivity contribution in [2.24, 2.45) is 0 Å². The summed E-state index contributed by atoms with van der Waals surface area (Å²) in [6.07, 6.45) is 3.96. The van der Waals surface area contributed by atoms with Gasteiger partial charge in [-0.05, 0) is 102 Å². The normalized spacial score (nSPS) is 14.8. The first-order valence-electron chi connectivity index (χ1n) is 21.6. The van der Waals surface area contributed by atoms with E-state index in [1.807, 2.05) is 12.2 Å². The van der Waals surface area contributed by atoms with Crippen molar-refractivity contribution in [1.29, 1.82) is 0 Å². The summed E-state index contributed by atoms with van der Waals surface area (Å²) in [6, 6.07) is 56.6. The number of hydrogen-bond acceptors (Lipinski definition) is 2. The molecule has 10 aromatic rings. The highest BCUT2D eigenvalue weighted by Gasteiger charge is 2.48. The van der Waals surface area contributed by atoms with Crippen LogP contribution in [0.25, 0.3) is 99.5 Å². The maximum atomic E-state index is 7.06. The standard InChI is InChI=1S/C60H44O2/c1-7-37(35-21-11-9-12-22-35)38(8-2)45-33-47-53(57-51(45)41-27-17-19-29-49(41)61-57)43-31-32-44-54-48(60(5,6)56(44)55(43)59(47,3)4)34-46(52-42-28-18-20-30-50(42)62-58(52)54)40-26-16-15-25-39(40)36-23-13-10-14-24-36/h7-34H,1-2H2,3-6H3/b38-37-. The lowest BCUT2D eigenvalue weighted by atomic mass is 9.72. The molecule has 2 aliphatic carbocycles. The molecule has 0 saturated heterocycles. The molecule has 2 nitrogen and oxygen atoms in total. The third-order valence-electron chi connectivity index (χ3n) is 14.0. The molecule has 0 aliphatic heterocycles. The van der Waals surface area contributed by atoms with Gasteiger partial charge in [-0.3, -0.25) is 0 Å². The Kier molecular flexibility index (Phi) is 7.66. The fourth-order valence-electron chi connectivity index (χ4n) is 11.3. The summed E-state index contributed by atoms with van der Waals surface area (Å²) in [5, 5.41) is 4.47. The van der Waals surface area contributed by atoms with Crippen LogP contribution in [0.15, 0.2) is 192 Å². The molecule has 0 fully saturated rings. The van der Waals surface area contributed by atoms with Gasteiger partial charge in [0.05, 0.1) is 0 Å². The second-order valence-corrected chi connectivity index (χ2v) is 18.0. The van der Waals surface area contributed by atoms with Crippen LogP contribution in [0.5, 0.6) is 0 Å². The molecule has 8 aromatic carbocycles. The second kappa shape index (κ2) is 13.0. The average Bonchev–Trinajstić information content (AvgIpc) is 4.01. The molecule has 0 amide bonds. The second-order valence-electron chi connectivity index (χ2n) is 18.0. The van der Waals surface area contributed by atoms with Gasteiger partial charge in [0.2, 0.25) is 0 Å². The van der Waals surface area contributed by atoms with E-state index in [1.165, 1.54) is 66.8 Å². The van der Waals surface area contributed by atoms with Crippen molar-refractivity contribution in [2.75, 3.05) is 0 Å². The van der Waals surface area contributed by atoms with Crippen molar-refractivity contribution >= 4 is 55.0 Å². The molecule has 296 valence electrons. The van der Waals surface area contributed by atoms with E-state index in [9.17, 15) is 0 Å². The summed E-state index contributed by atoms with van der Waals surface area (Å²) in [4.78, 5) is 0. The Balaban J connectivity index is 1.16. The Morgan fingerprint density at radius 1 is 0.452 bits per heavy atom. The van der Waals surface area contributed by atoms with Gasteiger partial charge in [0.1, 0.15) is 22.3 Å². The number of allylic oxidation sites excluding steroid dienone is 4. The molecule has 62 heavy (non-hydrogen) atoms. The van der Waals surface area contributed by atoms with Crippen molar-refractivity contribution < 1.29 is 8.83 Å². The number of benzene rings is 8. The number of hydrogen-bond donors (Lipinski definition) is 0. The van der Waals surface area contributed by atoms with Crippen LogP contribution in [0.2, 0.25) is 0 Å². The maximum Gasteiger partial charge on any atom is 0.144 e. The van der Waals surface area contributed by atoms with Gasteiger partial charge in [-0.1, -0.05) is 186 Å². The molecule has 2 heterocycles. The van der Waals surface area contributed by atoms with Crippen LogP contribution in [0.3, 0.4) is 0 Å². The highest BCUT2D eigenvalue weighted by atomic mass is 16.3. The lowest BCUT2D eigenvalue weighted by Gasteiger charge is -2.31. The van der Waals surface area contributed by atoms with Crippen LogP contribution in [-0.2, 0) is 10.8 Å². The molecule has 0 spiro atoms. The summed E-state index contributed by atoms with van der Waals surface area (Å²) < 4.78 is 14.1. The Hall–Kier alpha value is -7.42. The van der Waals surface area contributed by atoms with Crippen LogP contribution in [0.4, 0.5) is 0 Å². The molecule has 2 aromatic heterocycles. The van der Waals surface area contributed by atoms with E-state index >= 15 is 0 Å². The molecule has 2 aliphatic rings. The zero-order chi connectivity index (χ0) is 42.1. The van der Waals surface area contributed by atoms with Crippen molar-refractivity contribution in [2.45, 2.75) is 38.5 Å². The Bertz CT molecular complexity index is 3590. The molecule has 0 bridgehead atoms. The average molecular weight is 797 g/mol. The topological polar surface area (TPSA) is 26.3 Å². The molecule has 0 unspecified atom stereocenters. The van der Waals surface area contributed by atoms with Crippen molar-refractivity contribution in [3.8, 4) is 44.5 Å². The number of furan rings is 2. The van der Waals surface area contributed by atoms with E-state index in [4.69, 9.17) is 8.83 Å². The van der Waals surface area contributed by atoms with Gasteiger partial charge < -0.3 is 8.83 Å². The highest BCUT2D eigenvalue weighted by Crippen LogP contribution is 2.63. The lowest BCUT2D eigenvalue weighted by molar-refractivity contribution is 0.600. The van der Waals surface area contributed by atoms with Crippen molar-refractivity contribution in [3.05, 3.63) is 216 Å². The minimum absolute atomic E-state index is 0.371. The van der Waals surface area contributed by atoms with Crippen LogP contribution >= 0.6 is 0 Å². The number of para-hydroxylation sites is 2. The quantitative estimate of drug-likeness (QED) is 0.124. The Morgan fingerprint density at radius 3 is 1.53 bits per heavy atom. The van der Waals surface area contributed by atoms with Gasteiger partial charge in [-0.2, -0.15) is 0 Å². The largest absolute Gasteiger partial charge is 0.455 e. The SMILES string of the molecule is C=C/C(=C(\C=C)c1cc2c(c3oc4ccccc4c13)-c1ccc3c(c1C2(C)C)C(C)(C)c1cc(-c2ccccc2-c2ccccc2)c2c(oc4ccccc42)c1-3)c1ccccc1. The van der Waals surface area contributed by atoms with E-state index in [1.54, 1.807) is 0 Å². The first-order chi connectivity index (χ1) is 30.2. The van der Waals surface area contributed by atoms with Gasteiger partial charge in [0.15, 0.2) is 0 Å². The fourth-order valence-corrected chi connectivity index (χ4v) is 11.3. The van der Waals surface area contributed by atoms with Crippen LogP contribution < -0.4 is 0 Å². The zero-order valence-corrected chi connectivity index (χ0v) is 35.4. The monoisotopic (exact) mass is 796 g/mol. The van der Waals surface area contributed by atoms with E-state index in [2.05, 4.69) is 199 Å². The van der Waals surface area contributed by atoms with Crippen LogP contribution in [0.1, 0.15) is 61.1 Å². The molecular formula is C60H44O2.